The highest BCUT2D eigenvalue weighted by Gasteiger charge is 2.76. The van der Waals surface area contributed by atoms with Crippen molar-refractivity contribution in [3.63, 3.8) is 0 Å². The van der Waals surface area contributed by atoms with Gasteiger partial charge in [-0.2, -0.15) is 0 Å². The normalized spacial score (nSPS) is 31.2. The number of amides is 1. The molecule has 2 aromatic carbocycles. The number of fused-ring (bicyclic) bond motifs is 5. The topological polar surface area (TPSA) is 181 Å². The third kappa shape index (κ3) is 7.04. The van der Waals surface area contributed by atoms with Crippen LogP contribution >= 0.6 is 0 Å². The van der Waals surface area contributed by atoms with Crippen LogP contribution in [0.1, 0.15) is 103 Å². The number of rotatable bonds is 8. The lowest BCUT2D eigenvalue weighted by Crippen LogP contribution is -2.79. The van der Waals surface area contributed by atoms with Crippen LogP contribution in [0.2, 0.25) is 0 Å². The quantitative estimate of drug-likeness (QED) is 0.195. The molecule has 1 aliphatic heterocycles. The van der Waals surface area contributed by atoms with Crippen molar-refractivity contribution >= 4 is 35.6 Å². The molecule has 3 fully saturated rings. The molecule has 2 aromatic rings. The Hall–Kier alpha value is -4.88. The van der Waals surface area contributed by atoms with Gasteiger partial charge < -0.3 is 34.1 Å². The molecule has 0 aromatic heterocycles. The zero-order chi connectivity index (χ0) is 41.0. The number of alkyl carbamates (subject to hydrolysis) is 1. The predicted molar refractivity (Wildman–Crippen MR) is 200 cm³/mol. The van der Waals surface area contributed by atoms with Crippen LogP contribution in [0.4, 0.5) is 4.79 Å². The molecule has 56 heavy (non-hydrogen) atoms. The van der Waals surface area contributed by atoms with E-state index >= 15 is 0 Å². The summed E-state index contributed by atoms with van der Waals surface area (Å²) in [6.07, 6.45) is -4.69. The molecule has 1 unspecified atom stereocenters. The minimum atomic E-state index is -2.20. The van der Waals surface area contributed by atoms with Gasteiger partial charge in [0.05, 0.1) is 30.6 Å². The van der Waals surface area contributed by atoms with Gasteiger partial charge in [-0.15, -0.1) is 0 Å². The highest BCUT2D eigenvalue weighted by atomic mass is 16.6. The number of nitrogens with one attached hydrogen (secondary N) is 1. The van der Waals surface area contributed by atoms with Crippen LogP contribution in [0.25, 0.3) is 0 Å². The molecule has 4 aliphatic rings. The maximum atomic E-state index is 14.8. The van der Waals surface area contributed by atoms with Crippen molar-refractivity contribution in [3.8, 4) is 0 Å². The summed E-state index contributed by atoms with van der Waals surface area (Å²) in [4.78, 5) is 83.2. The minimum Gasteiger partial charge on any atom is -0.458 e. The van der Waals surface area contributed by atoms with Crippen molar-refractivity contribution in [2.24, 2.45) is 16.7 Å². The van der Waals surface area contributed by atoms with Gasteiger partial charge in [0.1, 0.15) is 29.5 Å². The molecule has 1 heterocycles. The van der Waals surface area contributed by atoms with Crippen molar-refractivity contribution < 1.29 is 57.6 Å². The van der Waals surface area contributed by atoms with Crippen molar-refractivity contribution in [3.05, 3.63) is 82.9 Å². The largest absolute Gasteiger partial charge is 0.458 e. The summed E-state index contributed by atoms with van der Waals surface area (Å²) >= 11 is 0. The Bertz CT molecular complexity index is 1950. The highest BCUT2D eigenvalue weighted by Crippen LogP contribution is 2.63. The number of Topliss-reactive ketones (excluding diaryl/α,β-unsaturated/α-hetero) is 2. The third-order valence-electron chi connectivity index (χ3n) is 12.1. The fourth-order valence-corrected chi connectivity index (χ4v) is 9.34. The van der Waals surface area contributed by atoms with Crippen LogP contribution in [0, 0.1) is 16.7 Å². The minimum absolute atomic E-state index is 0.0607. The molecular formula is C43H51NO12. The average Bonchev–Trinajstić information content (AvgIpc) is 3.10. The number of carbonyl (C=O) groups is 6. The molecule has 13 heteroatoms. The van der Waals surface area contributed by atoms with Gasteiger partial charge in [-0.3, -0.25) is 19.2 Å². The van der Waals surface area contributed by atoms with Gasteiger partial charge in [0.2, 0.25) is 11.6 Å². The molecule has 1 amide bonds. The molecule has 2 saturated carbocycles. The van der Waals surface area contributed by atoms with E-state index in [1.807, 2.05) is 0 Å². The van der Waals surface area contributed by atoms with Crippen LogP contribution in [-0.4, -0.2) is 82.4 Å². The molecule has 3 aliphatic carbocycles. The monoisotopic (exact) mass is 773 g/mol. The first kappa shape index (κ1) is 40.8. The van der Waals surface area contributed by atoms with E-state index in [9.17, 15) is 33.9 Å². The fourth-order valence-electron chi connectivity index (χ4n) is 9.34. The second-order valence-corrected chi connectivity index (χ2v) is 17.2. The lowest BCUT2D eigenvalue weighted by molar-refractivity contribution is -0.330. The second-order valence-electron chi connectivity index (χ2n) is 17.2. The van der Waals surface area contributed by atoms with Gasteiger partial charge in [0.25, 0.3) is 0 Å². The summed E-state index contributed by atoms with van der Waals surface area (Å²) < 4.78 is 29.9. The highest BCUT2D eigenvalue weighted by molar-refractivity contribution is 6.46. The predicted octanol–water partition coefficient (Wildman–Crippen LogP) is 5.53. The number of ether oxygens (including phenoxy) is 5. The molecule has 0 radical (unpaired) electrons. The van der Waals surface area contributed by atoms with Crippen molar-refractivity contribution in [1.82, 2.24) is 5.32 Å². The first-order valence-electron chi connectivity index (χ1n) is 19.0. The van der Waals surface area contributed by atoms with Gasteiger partial charge in [0, 0.05) is 29.7 Å². The van der Waals surface area contributed by atoms with Gasteiger partial charge in [-0.05, 0) is 63.8 Å². The van der Waals surface area contributed by atoms with Gasteiger partial charge in [-0.25, -0.2) is 9.59 Å². The molecule has 0 spiro atoms. The smallest absolute Gasteiger partial charge is 0.408 e. The van der Waals surface area contributed by atoms with E-state index in [4.69, 9.17) is 23.7 Å². The Morgan fingerprint density at radius 2 is 1.59 bits per heavy atom. The summed E-state index contributed by atoms with van der Waals surface area (Å²) in [7, 11) is 0. The van der Waals surface area contributed by atoms with Gasteiger partial charge in [-0.1, -0.05) is 69.3 Å². The molecular weight excluding hydrogens is 722 g/mol. The molecule has 2 N–H and O–H groups in total. The Kier molecular flexibility index (Phi) is 10.6. The number of carbonyl (C=O) groups excluding carboxylic acids is 6. The van der Waals surface area contributed by atoms with Gasteiger partial charge in [0.15, 0.2) is 5.60 Å². The zero-order valence-corrected chi connectivity index (χ0v) is 33.1. The molecule has 1 saturated heterocycles. The molecule has 2 bridgehead atoms. The average molecular weight is 774 g/mol. The molecule has 13 nitrogen and oxygen atoms in total. The maximum Gasteiger partial charge on any atom is 0.408 e. The van der Waals surface area contributed by atoms with E-state index in [0.717, 1.165) is 0 Å². The van der Waals surface area contributed by atoms with Crippen LogP contribution in [-0.2, 0) is 42.9 Å². The number of esters is 3. The zero-order valence-electron chi connectivity index (χ0n) is 33.1. The first-order valence-corrected chi connectivity index (χ1v) is 19.0. The number of ketones is 2. The van der Waals surface area contributed by atoms with Crippen LogP contribution in [0.3, 0.4) is 0 Å². The molecule has 8 atom stereocenters. The van der Waals surface area contributed by atoms with E-state index < -0.39 is 93.5 Å². The van der Waals surface area contributed by atoms with E-state index in [2.05, 4.69) is 5.32 Å². The summed E-state index contributed by atoms with van der Waals surface area (Å²) in [5, 5.41) is 16.1. The van der Waals surface area contributed by atoms with E-state index in [-0.39, 0.29) is 49.0 Å². The van der Waals surface area contributed by atoms with Gasteiger partial charge >= 0.3 is 24.0 Å². The SMILES string of the molecule is CC(=O)O[C@@]12CO[C@@H]1CC[C@@]1(C)C(=O)C(=O)C3=C(C)[C@@H](OC(=O)C[C@@H](NC(=O)OC(C)(C)C)c4ccccc4)C[C@@](O)([C@@H](OC(=O)c4ccccc4)C12)C3(C)C. The number of hydrogen-bond acceptors (Lipinski definition) is 12. The lowest BCUT2D eigenvalue weighted by Gasteiger charge is -2.65. The maximum absolute atomic E-state index is 14.8. The summed E-state index contributed by atoms with van der Waals surface area (Å²) in [6.45, 7) is 12.5. The Balaban J connectivity index is 1.45. The molecule has 300 valence electrons. The third-order valence-corrected chi connectivity index (χ3v) is 12.1. The van der Waals surface area contributed by atoms with E-state index in [0.29, 0.717) is 5.56 Å². The number of hydrogen-bond donors (Lipinski definition) is 2. The van der Waals surface area contributed by atoms with Crippen molar-refractivity contribution in [2.45, 2.75) is 122 Å². The number of benzene rings is 2. The summed E-state index contributed by atoms with van der Waals surface area (Å²) in [5.41, 5.74) is -6.75. The summed E-state index contributed by atoms with van der Waals surface area (Å²) in [6, 6.07) is 16.0. The standard InChI is InChI=1S/C43H51NO12/c1-24-29(53-31(46)21-28(26-15-11-9-12-16-26)44-38(50)56-39(3,4)5)22-43(51)36(54-37(49)27-17-13-10-14-18-27)34-41(8,35(48)33(47)32(24)40(43,6)7)20-19-30-42(34,23-52-30)55-25(2)45/h9-18,28-30,34,36,51H,19-23H2,1-8H3,(H,44,50)/t28-,29+,30-,34?,36+,41-,42+,43-/m1/s1. The Morgan fingerprint density at radius 3 is 2.16 bits per heavy atom. The number of aliphatic hydroxyl groups is 1. The van der Waals surface area contributed by atoms with Crippen LogP contribution < -0.4 is 5.32 Å². The first-order chi connectivity index (χ1) is 26.1. The molecule has 6 rings (SSSR count). The Labute approximate surface area is 326 Å². The fraction of sp³-hybridized carbons (Fsp3) is 0.535. The lowest BCUT2D eigenvalue weighted by atomic mass is 9.45. The van der Waals surface area contributed by atoms with Crippen molar-refractivity contribution in [2.75, 3.05) is 6.61 Å². The van der Waals surface area contributed by atoms with E-state index in [1.165, 1.54) is 6.92 Å². The van der Waals surface area contributed by atoms with Crippen molar-refractivity contribution in [1.29, 1.82) is 0 Å². The summed E-state index contributed by atoms with van der Waals surface area (Å²) in [5.74, 6) is -5.22. The van der Waals surface area contributed by atoms with Crippen LogP contribution in [0.15, 0.2) is 71.8 Å². The van der Waals surface area contributed by atoms with Crippen LogP contribution in [0.5, 0.6) is 0 Å². The Morgan fingerprint density at radius 1 is 0.964 bits per heavy atom. The second kappa shape index (κ2) is 14.6. The van der Waals surface area contributed by atoms with E-state index in [1.54, 1.807) is 109 Å².